The molecule has 162 valence electrons. The zero-order chi connectivity index (χ0) is 22.0. The standard InChI is InChI=1S/C21H24F4N4O/c1-26-20(28-10-9-15-5-7-17(8-6-15)21(23,24)25)29-12-11-27-19(30)14-16-3-2-4-18(22)13-16/h2-8,13H,9-12,14H2,1H3,(H,27,30)(H2,26,28,29). The smallest absolute Gasteiger partial charge is 0.356 e. The molecule has 3 N–H and O–H groups in total. The summed E-state index contributed by atoms with van der Waals surface area (Å²) in [7, 11) is 1.59. The number of nitrogens with one attached hydrogen (secondary N) is 3. The topological polar surface area (TPSA) is 65.5 Å². The van der Waals surface area contributed by atoms with Crippen LogP contribution in [0, 0.1) is 5.82 Å². The third-order valence-electron chi connectivity index (χ3n) is 4.20. The average molecular weight is 424 g/mol. The predicted octanol–water partition coefficient (Wildman–Crippen LogP) is 2.91. The van der Waals surface area contributed by atoms with E-state index in [-0.39, 0.29) is 18.1 Å². The van der Waals surface area contributed by atoms with E-state index in [9.17, 15) is 22.4 Å². The van der Waals surface area contributed by atoms with Crippen molar-refractivity contribution in [2.75, 3.05) is 26.7 Å². The molecule has 9 heteroatoms. The zero-order valence-electron chi connectivity index (χ0n) is 16.5. The number of amides is 1. The molecule has 0 bridgehead atoms. The lowest BCUT2D eigenvalue weighted by molar-refractivity contribution is -0.137. The van der Waals surface area contributed by atoms with Crippen molar-refractivity contribution < 1.29 is 22.4 Å². The van der Waals surface area contributed by atoms with Gasteiger partial charge in [-0.15, -0.1) is 0 Å². The van der Waals surface area contributed by atoms with Gasteiger partial charge in [-0.05, 0) is 41.8 Å². The molecule has 2 aromatic rings. The molecular weight excluding hydrogens is 400 g/mol. The molecule has 2 aromatic carbocycles. The van der Waals surface area contributed by atoms with Gasteiger partial charge in [-0.3, -0.25) is 9.79 Å². The SMILES string of the molecule is CN=C(NCCNC(=O)Cc1cccc(F)c1)NCCc1ccc(C(F)(F)F)cc1. The first kappa shape index (κ1) is 23.2. The Labute approximate surface area is 172 Å². The number of hydrogen-bond donors (Lipinski definition) is 3. The monoisotopic (exact) mass is 424 g/mol. The maximum atomic E-state index is 13.1. The van der Waals surface area contributed by atoms with E-state index in [0.29, 0.717) is 37.6 Å². The van der Waals surface area contributed by atoms with Crippen LogP contribution in [0.5, 0.6) is 0 Å². The third kappa shape index (κ3) is 8.10. The first-order valence-corrected chi connectivity index (χ1v) is 9.39. The van der Waals surface area contributed by atoms with E-state index in [1.807, 2.05) is 0 Å². The molecule has 0 aromatic heterocycles. The summed E-state index contributed by atoms with van der Waals surface area (Å²) in [6, 6.07) is 10.9. The number of nitrogens with zero attached hydrogens (tertiary/aromatic N) is 1. The molecule has 0 aliphatic heterocycles. The molecule has 0 heterocycles. The molecule has 1 amide bonds. The van der Waals surface area contributed by atoms with Crippen molar-refractivity contribution in [3.8, 4) is 0 Å². The fourth-order valence-electron chi connectivity index (χ4n) is 2.68. The summed E-state index contributed by atoms with van der Waals surface area (Å²) in [4.78, 5) is 15.9. The largest absolute Gasteiger partial charge is 0.416 e. The molecule has 5 nitrogen and oxygen atoms in total. The Morgan fingerprint density at radius 1 is 0.933 bits per heavy atom. The average Bonchev–Trinajstić information content (AvgIpc) is 2.69. The predicted molar refractivity (Wildman–Crippen MR) is 108 cm³/mol. The summed E-state index contributed by atoms with van der Waals surface area (Å²) in [5.74, 6) is -0.0814. The number of carbonyl (C=O) groups is 1. The molecule has 0 saturated heterocycles. The van der Waals surface area contributed by atoms with E-state index in [0.717, 1.165) is 17.7 Å². The van der Waals surface area contributed by atoms with Gasteiger partial charge in [-0.1, -0.05) is 24.3 Å². The highest BCUT2D eigenvalue weighted by Crippen LogP contribution is 2.29. The van der Waals surface area contributed by atoms with Crippen molar-refractivity contribution in [1.29, 1.82) is 0 Å². The maximum Gasteiger partial charge on any atom is 0.416 e. The summed E-state index contributed by atoms with van der Waals surface area (Å²) < 4.78 is 50.8. The number of halogens is 4. The second kappa shape index (κ2) is 11.2. The summed E-state index contributed by atoms with van der Waals surface area (Å²) in [5.41, 5.74) is 0.702. The number of hydrogen-bond acceptors (Lipinski definition) is 2. The van der Waals surface area contributed by atoms with Crippen LogP contribution in [0.1, 0.15) is 16.7 Å². The minimum Gasteiger partial charge on any atom is -0.356 e. The van der Waals surface area contributed by atoms with E-state index < -0.39 is 11.7 Å². The van der Waals surface area contributed by atoms with Crippen LogP contribution in [0.3, 0.4) is 0 Å². The zero-order valence-corrected chi connectivity index (χ0v) is 16.5. The Kier molecular flexibility index (Phi) is 8.64. The minimum absolute atomic E-state index is 0.0951. The second-order valence-electron chi connectivity index (χ2n) is 6.53. The van der Waals surface area contributed by atoms with Crippen LogP contribution in [-0.4, -0.2) is 38.5 Å². The first-order valence-electron chi connectivity index (χ1n) is 9.39. The summed E-state index contributed by atoms with van der Waals surface area (Å²) >= 11 is 0. The Hall–Kier alpha value is -3.10. The van der Waals surface area contributed by atoms with Crippen molar-refractivity contribution in [2.24, 2.45) is 4.99 Å². The first-order chi connectivity index (χ1) is 14.3. The van der Waals surface area contributed by atoms with Gasteiger partial charge in [0.15, 0.2) is 5.96 Å². The molecule has 30 heavy (non-hydrogen) atoms. The number of carbonyl (C=O) groups excluding carboxylic acids is 1. The van der Waals surface area contributed by atoms with Crippen LogP contribution in [0.2, 0.25) is 0 Å². The summed E-state index contributed by atoms with van der Waals surface area (Å²) in [6.45, 7) is 1.26. The van der Waals surface area contributed by atoms with Crippen molar-refractivity contribution in [2.45, 2.75) is 19.0 Å². The normalized spacial score (nSPS) is 11.8. The Morgan fingerprint density at radius 3 is 2.23 bits per heavy atom. The fraction of sp³-hybridized carbons (Fsp3) is 0.333. The lowest BCUT2D eigenvalue weighted by atomic mass is 10.1. The molecule has 0 aliphatic carbocycles. The van der Waals surface area contributed by atoms with Crippen LogP contribution in [0.25, 0.3) is 0 Å². The molecular formula is C21H24F4N4O. The van der Waals surface area contributed by atoms with Crippen LogP contribution in [0.15, 0.2) is 53.5 Å². The Bertz CT molecular complexity index is 851. The minimum atomic E-state index is -4.34. The van der Waals surface area contributed by atoms with Gasteiger partial charge in [0, 0.05) is 26.7 Å². The van der Waals surface area contributed by atoms with Crippen molar-refractivity contribution >= 4 is 11.9 Å². The molecule has 0 aliphatic rings. The van der Waals surface area contributed by atoms with Crippen LogP contribution in [-0.2, 0) is 23.8 Å². The highest BCUT2D eigenvalue weighted by Gasteiger charge is 2.29. The van der Waals surface area contributed by atoms with Gasteiger partial charge in [-0.25, -0.2) is 4.39 Å². The van der Waals surface area contributed by atoms with E-state index in [4.69, 9.17) is 0 Å². The lowest BCUT2D eigenvalue weighted by Gasteiger charge is -2.13. The highest BCUT2D eigenvalue weighted by molar-refractivity contribution is 5.80. The summed E-state index contributed by atoms with van der Waals surface area (Å²) in [6.07, 6.45) is -3.71. The molecule has 0 saturated carbocycles. The van der Waals surface area contributed by atoms with Crippen molar-refractivity contribution in [3.05, 3.63) is 71.0 Å². The highest BCUT2D eigenvalue weighted by atomic mass is 19.4. The molecule has 0 atom stereocenters. The van der Waals surface area contributed by atoms with Crippen molar-refractivity contribution in [3.63, 3.8) is 0 Å². The van der Waals surface area contributed by atoms with E-state index in [1.54, 1.807) is 19.2 Å². The van der Waals surface area contributed by atoms with Gasteiger partial charge < -0.3 is 16.0 Å². The number of rotatable bonds is 8. The van der Waals surface area contributed by atoms with Gasteiger partial charge in [0.1, 0.15) is 5.82 Å². The van der Waals surface area contributed by atoms with E-state index in [1.165, 1.54) is 24.3 Å². The quantitative estimate of drug-likeness (QED) is 0.264. The number of guanidine groups is 1. The van der Waals surface area contributed by atoms with Crippen molar-refractivity contribution in [1.82, 2.24) is 16.0 Å². The molecule has 0 unspecified atom stereocenters. The second-order valence-corrected chi connectivity index (χ2v) is 6.53. The maximum absolute atomic E-state index is 13.1. The number of alkyl halides is 3. The summed E-state index contributed by atoms with van der Waals surface area (Å²) in [5, 5.41) is 8.82. The van der Waals surface area contributed by atoms with Gasteiger partial charge in [0.25, 0.3) is 0 Å². The molecule has 2 rings (SSSR count). The van der Waals surface area contributed by atoms with Gasteiger partial charge in [0.05, 0.1) is 12.0 Å². The molecule has 0 radical (unpaired) electrons. The number of benzene rings is 2. The van der Waals surface area contributed by atoms with E-state index >= 15 is 0 Å². The van der Waals surface area contributed by atoms with Crippen LogP contribution < -0.4 is 16.0 Å². The Balaban J connectivity index is 1.64. The van der Waals surface area contributed by atoms with Gasteiger partial charge in [0.2, 0.25) is 5.91 Å². The molecule has 0 spiro atoms. The lowest BCUT2D eigenvalue weighted by Crippen LogP contribution is -2.42. The Morgan fingerprint density at radius 2 is 1.60 bits per heavy atom. The van der Waals surface area contributed by atoms with Crippen LogP contribution >= 0.6 is 0 Å². The molecule has 0 fully saturated rings. The van der Waals surface area contributed by atoms with Gasteiger partial charge in [-0.2, -0.15) is 13.2 Å². The van der Waals surface area contributed by atoms with E-state index in [2.05, 4.69) is 20.9 Å². The third-order valence-corrected chi connectivity index (χ3v) is 4.20. The van der Waals surface area contributed by atoms with Gasteiger partial charge >= 0.3 is 6.18 Å². The number of aliphatic imine (C=N–C) groups is 1. The van der Waals surface area contributed by atoms with Crippen LogP contribution in [0.4, 0.5) is 17.6 Å². The fourth-order valence-corrected chi connectivity index (χ4v) is 2.68.